The summed E-state index contributed by atoms with van der Waals surface area (Å²) in [5.41, 5.74) is 0.697. The van der Waals surface area contributed by atoms with Crippen LogP contribution in [-0.4, -0.2) is 9.97 Å². The SMILES string of the molecule is Cc1nc(C2CCCCC2)nc(F)c1Br. The molecule has 0 radical (unpaired) electrons. The molecule has 0 atom stereocenters. The summed E-state index contributed by atoms with van der Waals surface area (Å²) >= 11 is 3.14. The van der Waals surface area contributed by atoms with Gasteiger partial charge in [0.15, 0.2) is 0 Å². The molecule has 0 N–H and O–H groups in total. The summed E-state index contributed by atoms with van der Waals surface area (Å²) in [6.45, 7) is 1.81. The quantitative estimate of drug-likeness (QED) is 0.728. The molecule has 0 saturated heterocycles. The van der Waals surface area contributed by atoms with Crippen molar-refractivity contribution in [2.24, 2.45) is 0 Å². The predicted octanol–water partition coefficient (Wildman–Crippen LogP) is 3.73. The van der Waals surface area contributed by atoms with E-state index in [0.29, 0.717) is 21.9 Å². The normalized spacial score (nSPS) is 18.1. The molecule has 82 valence electrons. The van der Waals surface area contributed by atoms with Crippen molar-refractivity contribution in [3.63, 3.8) is 0 Å². The lowest BCUT2D eigenvalue weighted by Crippen LogP contribution is -2.11. The van der Waals surface area contributed by atoms with Crippen molar-refractivity contribution in [1.82, 2.24) is 9.97 Å². The van der Waals surface area contributed by atoms with Crippen molar-refractivity contribution >= 4 is 15.9 Å². The minimum Gasteiger partial charge on any atom is -0.237 e. The van der Waals surface area contributed by atoms with E-state index in [-0.39, 0.29) is 0 Å². The van der Waals surface area contributed by atoms with Crippen LogP contribution < -0.4 is 0 Å². The summed E-state index contributed by atoms with van der Waals surface area (Å²) in [5.74, 6) is 0.621. The smallest absolute Gasteiger partial charge is 0.230 e. The Bertz CT molecular complexity index is 339. The molecule has 1 aliphatic rings. The molecule has 0 spiro atoms. The van der Waals surface area contributed by atoms with Gasteiger partial charge in [0.2, 0.25) is 5.95 Å². The van der Waals surface area contributed by atoms with Crippen LogP contribution in [0.4, 0.5) is 4.39 Å². The van der Waals surface area contributed by atoms with Gasteiger partial charge >= 0.3 is 0 Å². The average molecular weight is 273 g/mol. The van der Waals surface area contributed by atoms with Crippen LogP contribution in [-0.2, 0) is 0 Å². The zero-order chi connectivity index (χ0) is 10.8. The Kier molecular flexibility index (Phi) is 3.34. The lowest BCUT2D eigenvalue weighted by molar-refractivity contribution is 0.419. The highest BCUT2D eigenvalue weighted by Gasteiger charge is 2.20. The second-order valence-corrected chi connectivity index (χ2v) is 4.90. The van der Waals surface area contributed by atoms with Gasteiger partial charge in [-0.2, -0.15) is 4.39 Å². The predicted molar refractivity (Wildman–Crippen MR) is 60.3 cm³/mol. The number of aryl methyl sites for hydroxylation is 1. The molecule has 0 bridgehead atoms. The van der Waals surface area contributed by atoms with Gasteiger partial charge in [0.05, 0.1) is 10.2 Å². The van der Waals surface area contributed by atoms with Gasteiger partial charge in [-0.25, -0.2) is 9.97 Å². The van der Waals surface area contributed by atoms with Crippen molar-refractivity contribution < 1.29 is 4.39 Å². The van der Waals surface area contributed by atoms with Gasteiger partial charge in [-0.3, -0.25) is 0 Å². The molecule has 1 fully saturated rings. The highest BCUT2D eigenvalue weighted by Crippen LogP contribution is 2.31. The van der Waals surface area contributed by atoms with E-state index >= 15 is 0 Å². The Morgan fingerprint density at radius 2 is 1.87 bits per heavy atom. The minimum absolute atomic E-state index is 0.361. The topological polar surface area (TPSA) is 25.8 Å². The number of rotatable bonds is 1. The summed E-state index contributed by atoms with van der Waals surface area (Å²) in [4.78, 5) is 8.29. The van der Waals surface area contributed by atoms with E-state index in [9.17, 15) is 4.39 Å². The van der Waals surface area contributed by atoms with Crippen LogP contribution in [0.5, 0.6) is 0 Å². The molecule has 1 heterocycles. The van der Waals surface area contributed by atoms with Crippen LogP contribution in [0, 0.1) is 12.9 Å². The first-order chi connectivity index (χ1) is 7.18. The Morgan fingerprint density at radius 1 is 1.20 bits per heavy atom. The van der Waals surface area contributed by atoms with E-state index in [4.69, 9.17) is 0 Å². The van der Waals surface area contributed by atoms with Crippen molar-refractivity contribution in [2.75, 3.05) is 0 Å². The van der Waals surface area contributed by atoms with Crippen LogP contribution in [0.3, 0.4) is 0 Å². The minimum atomic E-state index is -0.428. The fraction of sp³-hybridized carbons (Fsp3) is 0.636. The van der Waals surface area contributed by atoms with Crippen molar-refractivity contribution in [3.05, 3.63) is 21.9 Å². The van der Waals surface area contributed by atoms with Gasteiger partial charge in [-0.1, -0.05) is 19.3 Å². The highest BCUT2D eigenvalue weighted by molar-refractivity contribution is 9.10. The summed E-state index contributed by atoms with van der Waals surface area (Å²) < 4.78 is 13.8. The van der Waals surface area contributed by atoms with Gasteiger partial charge in [0.25, 0.3) is 0 Å². The number of hydrogen-bond donors (Lipinski definition) is 0. The molecule has 1 aromatic rings. The average Bonchev–Trinajstić information content (AvgIpc) is 2.26. The lowest BCUT2D eigenvalue weighted by atomic mass is 9.88. The number of aromatic nitrogens is 2. The van der Waals surface area contributed by atoms with E-state index in [1.165, 1.54) is 19.3 Å². The highest BCUT2D eigenvalue weighted by atomic mass is 79.9. The van der Waals surface area contributed by atoms with E-state index in [1.807, 2.05) is 0 Å². The first-order valence-corrected chi connectivity index (χ1v) is 6.17. The van der Waals surface area contributed by atoms with E-state index in [0.717, 1.165) is 12.8 Å². The maximum absolute atomic E-state index is 13.4. The second kappa shape index (κ2) is 4.56. The third kappa shape index (κ3) is 2.36. The summed E-state index contributed by atoms with van der Waals surface area (Å²) in [6.07, 6.45) is 5.91. The molecule has 1 aromatic heterocycles. The second-order valence-electron chi connectivity index (χ2n) is 4.11. The third-order valence-electron chi connectivity index (χ3n) is 2.96. The van der Waals surface area contributed by atoms with Crippen molar-refractivity contribution in [1.29, 1.82) is 0 Å². The monoisotopic (exact) mass is 272 g/mol. The standard InChI is InChI=1S/C11H14BrFN2/c1-7-9(12)10(13)15-11(14-7)8-5-3-2-4-6-8/h8H,2-6H2,1H3. The fourth-order valence-corrected chi connectivity index (χ4v) is 2.27. The largest absolute Gasteiger partial charge is 0.237 e. The summed E-state index contributed by atoms with van der Waals surface area (Å²) in [5, 5.41) is 0. The van der Waals surface area contributed by atoms with Gasteiger partial charge in [0, 0.05) is 5.92 Å². The maximum atomic E-state index is 13.4. The first-order valence-electron chi connectivity index (χ1n) is 5.38. The maximum Gasteiger partial charge on any atom is 0.230 e. The first kappa shape index (κ1) is 11.0. The molecule has 2 rings (SSSR count). The van der Waals surface area contributed by atoms with Gasteiger partial charge in [-0.15, -0.1) is 0 Å². The number of halogens is 2. The number of nitrogens with zero attached hydrogens (tertiary/aromatic N) is 2. The van der Waals surface area contributed by atoms with Crippen LogP contribution in [0.25, 0.3) is 0 Å². The van der Waals surface area contributed by atoms with Gasteiger partial charge < -0.3 is 0 Å². The lowest BCUT2D eigenvalue weighted by Gasteiger charge is -2.20. The molecule has 0 amide bonds. The molecular formula is C11H14BrFN2. The Morgan fingerprint density at radius 3 is 2.47 bits per heavy atom. The van der Waals surface area contributed by atoms with Gasteiger partial charge in [-0.05, 0) is 35.7 Å². The molecule has 1 aliphatic carbocycles. The zero-order valence-electron chi connectivity index (χ0n) is 8.76. The summed E-state index contributed by atoms with van der Waals surface area (Å²) in [7, 11) is 0. The Hall–Kier alpha value is -0.510. The van der Waals surface area contributed by atoms with Crippen LogP contribution in [0.2, 0.25) is 0 Å². The van der Waals surface area contributed by atoms with Crippen LogP contribution in [0.15, 0.2) is 4.47 Å². The van der Waals surface area contributed by atoms with Gasteiger partial charge in [0.1, 0.15) is 5.82 Å². The molecule has 4 heteroatoms. The van der Waals surface area contributed by atoms with E-state index < -0.39 is 5.95 Å². The molecule has 15 heavy (non-hydrogen) atoms. The van der Waals surface area contributed by atoms with E-state index in [2.05, 4.69) is 25.9 Å². The van der Waals surface area contributed by atoms with Crippen molar-refractivity contribution in [3.8, 4) is 0 Å². The Labute approximate surface area is 97.5 Å². The zero-order valence-corrected chi connectivity index (χ0v) is 10.3. The molecule has 0 aliphatic heterocycles. The molecule has 2 nitrogen and oxygen atoms in total. The molecule has 0 unspecified atom stereocenters. The van der Waals surface area contributed by atoms with Crippen LogP contribution >= 0.6 is 15.9 Å². The molecule has 0 aromatic carbocycles. The molecular weight excluding hydrogens is 259 g/mol. The summed E-state index contributed by atoms with van der Waals surface area (Å²) in [6, 6.07) is 0. The van der Waals surface area contributed by atoms with E-state index in [1.54, 1.807) is 6.92 Å². The third-order valence-corrected chi connectivity index (χ3v) is 3.87. The van der Waals surface area contributed by atoms with Crippen molar-refractivity contribution in [2.45, 2.75) is 44.9 Å². The number of hydrogen-bond acceptors (Lipinski definition) is 2. The Balaban J connectivity index is 2.27. The van der Waals surface area contributed by atoms with Crippen LogP contribution in [0.1, 0.15) is 49.5 Å². The molecule has 1 saturated carbocycles. The fourth-order valence-electron chi connectivity index (χ4n) is 2.09.